The Kier molecular flexibility index (Phi) is 4.21. The SMILES string of the molecule is O=C(C1CCOCC1)N1CCCC(S(=O)(=O)F)C1. The molecule has 2 saturated heterocycles. The summed E-state index contributed by atoms with van der Waals surface area (Å²) in [6, 6.07) is 0. The topological polar surface area (TPSA) is 63.7 Å². The Morgan fingerprint density at radius 1 is 1.22 bits per heavy atom. The maximum atomic E-state index is 13.0. The highest BCUT2D eigenvalue weighted by Gasteiger charge is 2.35. The molecule has 0 radical (unpaired) electrons. The van der Waals surface area contributed by atoms with Crippen molar-refractivity contribution < 1.29 is 21.8 Å². The zero-order valence-electron chi connectivity index (χ0n) is 10.2. The lowest BCUT2D eigenvalue weighted by Crippen LogP contribution is -2.47. The Labute approximate surface area is 106 Å². The van der Waals surface area contributed by atoms with E-state index < -0.39 is 15.5 Å². The third kappa shape index (κ3) is 3.20. The molecule has 2 aliphatic heterocycles. The van der Waals surface area contributed by atoms with Gasteiger partial charge in [-0.25, -0.2) is 0 Å². The number of hydrogen-bond donors (Lipinski definition) is 0. The van der Waals surface area contributed by atoms with Crippen molar-refractivity contribution in [2.24, 2.45) is 5.92 Å². The Hall–Kier alpha value is -0.690. The number of carbonyl (C=O) groups is 1. The monoisotopic (exact) mass is 279 g/mol. The lowest BCUT2D eigenvalue weighted by atomic mass is 9.97. The summed E-state index contributed by atoms with van der Waals surface area (Å²) >= 11 is 0. The second kappa shape index (κ2) is 5.52. The summed E-state index contributed by atoms with van der Waals surface area (Å²) in [5.41, 5.74) is 0. The van der Waals surface area contributed by atoms with E-state index in [0.717, 1.165) is 0 Å². The first-order chi connectivity index (χ1) is 8.48. The van der Waals surface area contributed by atoms with Gasteiger partial charge in [0.15, 0.2) is 0 Å². The van der Waals surface area contributed by atoms with Crippen molar-refractivity contribution in [2.45, 2.75) is 30.9 Å². The predicted octanol–water partition coefficient (Wildman–Crippen LogP) is 0.703. The van der Waals surface area contributed by atoms with Gasteiger partial charge in [0, 0.05) is 32.2 Å². The minimum Gasteiger partial charge on any atom is -0.381 e. The van der Waals surface area contributed by atoms with Crippen LogP contribution in [0.4, 0.5) is 3.89 Å². The van der Waals surface area contributed by atoms with Gasteiger partial charge in [-0.15, -0.1) is 3.89 Å². The van der Waals surface area contributed by atoms with Crippen LogP contribution in [0, 0.1) is 5.92 Å². The summed E-state index contributed by atoms with van der Waals surface area (Å²) in [4.78, 5) is 13.7. The van der Waals surface area contributed by atoms with Crippen molar-refractivity contribution in [1.29, 1.82) is 0 Å². The first kappa shape index (κ1) is 13.7. The van der Waals surface area contributed by atoms with Gasteiger partial charge in [0.2, 0.25) is 5.91 Å². The van der Waals surface area contributed by atoms with E-state index in [1.54, 1.807) is 0 Å². The van der Waals surface area contributed by atoms with Gasteiger partial charge in [-0.05, 0) is 25.7 Å². The number of amides is 1. The Morgan fingerprint density at radius 3 is 2.50 bits per heavy atom. The van der Waals surface area contributed by atoms with E-state index in [0.29, 0.717) is 45.4 Å². The lowest BCUT2D eigenvalue weighted by Gasteiger charge is -2.34. The highest BCUT2D eigenvalue weighted by molar-refractivity contribution is 7.87. The summed E-state index contributed by atoms with van der Waals surface area (Å²) in [7, 11) is -4.54. The molecular formula is C11H18FNO4S. The van der Waals surface area contributed by atoms with Crippen LogP contribution in [-0.2, 0) is 19.8 Å². The van der Waals surface area contributed by atoms with Crippen molar-refractivity contribution in [3.63, 3.8) is 0 Å². The third-order valence-corrected chi connectivity index (χ3v) is 4.84. The summed E-state index contributed by atoms with van der Waals surface area (Å²) in [5.74, 6) is -0.147. The molecule has 1 amide bonds. The third-order valence-electron chi connectivity index (χ3n) is 3.66. The van der Waals surface area contributed by atoms with Gasteiger partial charge < -0.3 is 9.64 Å². The van der Waals surface area contributed by atoms with Gasteiger partial charge in [-0.3, -0.25) is 4.79 Å². The summed E-state index contributed by atoms with van der Waals surface area (Å²) in [6.07, 6.45) is 2.18. The molecule has 5 nitrogen and oxygen atoms in total. The molecule has 0 bridgehead atoms. The Morgan fingerprint density at radius 2 is 1.89 bits per heavy atom. The standard InChI is InChI=1S/C11H18FNO4S/c12-18(15,16)10-2-1-5-13(8-10)11(14)9-3-6-17-7-4-9/h9-10H,1-8H2. The van der Waals surface area contributed by atoms with Gasteiger partial charge in [0.05, 0.1) is 0 Å². The molecule has 0 aromatic heterocycles. The molecule has 7 heteroatoms. The molecule has 0 aromatic carbocycles. The molecular weight excluding hydrogens is 261 g/mol. The van der Waals surface area contributed by atoms with E-state index in [2.05, 4.69) is 0 Å². The number of carbonyl (C=O) groups excluding carboxylic acids is 1. The second-order valence-electron chi connectivity index (χ2n) is 4.91. The van der Waals surface area contributed by atoms with Gasteiger partial charge in [0.25, 0.3) is 0 Å². The van der Waals surface area contributed by atoms with Crippen molar-refractivity contribution in [1.82, 2.24) is 4.90 Å². The highest BCUT2D eigenvalue weighted by Crippen LogP contribution is 2.23. The summed E-state index contributed by atoms with van der Waals surface area (Å²) < 4.78 is 40.0. The van der Waals surface area contributed by atoms with Crippen LogP contribution in [0.5, 0.6) is 0 Å². The minimum atomic E-state index is -4.54. The van der Waals surface area contributed by atoms with E-state index in [1.165, 1.54) is 4.90 Å². The molecule has 0 spiro atoms. The van der Waals surface area contributed by atoms with Crippen LogP contribution in [0.3, 0.4) is 0 Å². The molecule has 0 aliphatic carbocycles. The van der Waals surface area contributed by atoms with Crippen LogP contribution in [0.15, 0.2) is 0 Å². The van der Waals surface area contributed by atoms with Crippen molar-refractivity contribution in [3.8, 4) is 0 Å². The number of hydrogen-bond acceptors (Lipinski definition) is 4. The summed E-state index contributed by atoms with van der Waals surface area (Å²) in [6.45, 7) is 1.65. The normalized spacial score (nSPS) is 27.2. The molecule has 2 fully saturated rings. The number of nitrogens with zero attached hydrogens (tertiary/aromatic N) is 1. The molecule has 2 heterocycles. The fraction of sp³-hybridized carbons (Fsp3) is 0.909. The van der Waals surface area contributed by atoms with Crippen LogP contribution < -0.4 is 0 Å². The molecule has 1 unspecified atom stereocenters. The van der Waals surface area contributed by atoms with Crippen LogP contribution in [0.25, 0.3) is 0 Å². The fourth-order valence-corrected chi connectivity index (χ4v) is 3.38. The zero-order chi connectivity index (χ0) is 13.2. The lowest BCUT2D eigenvalue weighted by molar-refractivity contribution is -0.139. The van der Waals surface area contributed by atoms with E-state index in [1.807, 2.05) is 0 Å². The van der Waals surface area contributed by atoms with E-state index >= 15 is 0 Å². The predicted molar refractivity (Wildman–Crippen MR) is 63.2 cm³/mol. The molecule has 1 atom stereocenters. The van der Waals surface area contributed by atoms with Crippen LogP contribution in [0.2, 0.25) is 0 Å². The maximum Gasteiger partial charge on any atom is 0.307 e. The molecule has 0 aromatic rings. The van der Waals surface area contributed by atoms with E-state index in [4.69, 9.17) is 4.74 Å². The quantitative estimate of drug-likeness (QED) is 0.698. The Balaban J connectivity index is 1.97. The van der Waals surface area contributed by atoms with Crippen molar-refractivity contribution in [2.75, 3.05) is 26.3 Å². The zero-order valence-corrected chi connectivity index (χ0v) is 11.0. The van der Waals surface area contributed by atoms with Crippen LogP contribution in [0.1, 0.15) is 25.7 Å². The number of ether oxygens (including phenoxy) is 1. The number of halogens is 1. The summed E-state index contributed by atoms with van der Waals surface area (Å²) in [5, 5.41) is -1.05. The molecule has 18 heavy (non-hydrogen) atoms. The highest BCUT2D eigenvalue weighted by atomic mass is 32.3. The van der Waals surface area contributed by atoms with Gasteiger partial charge in [0.1, 0.15) is 5.25 Å². The smallest absolute Gasteiger partial charge is 0.307 e. The molecule has 104 valence electrons. The first-order valence-corrected chi connectivity index (χ1v) is 7.73. The number of piperidine rings is 1. The molecule has 0 N–H and O–H groups in total. The van der Waals surface area contributed by atoms with Gasteiger partial charge >= 0.3 is 10.2 Å². The number of rotatable bonds is 2. The first-order valence-electron chi connectivity index (χ1n) is 6.28. The largest absolute Gasteiger partial charge is 0.381 e. The van der Waals surface area contributed by atoms with E-state index in [-0.39, 0.29) is 18.4 Å². The minimum absolute atomic E-state index is 0.00494. The van der Waals surface area contributed by atoms with Crippen LogP contribution in [-0.4, -0.2) is 50.8 Å². The van der Waals surface area contributed by atoms with Crippen LogP contribution >= 0.6 is 0 Å². The molecule has 2 rings (SSSR count). The average molecular weight is 279 g/mol. The fourth-order valence-electron chi connectivity index (χ4n) is 2.57. The molecule has 2 aliphatic rings. The van der Waals surface area contributed by atoms with Crippen molar-refractivity contribution >= 4 is 16.1 Å². The van der Waals surface area contributed by atoms with Crippen molar-refractivity contribution in [3.05, 3.63) is 0 Å². The molecule has 0 saturated carbocycles. The number of likely N-dealkylation sites (tertiary alicyclic amines) is 1. The average Bonchev–Trinajstić information content (AvgIpc) is 2.38. The second-order valence-corrected chi connectivity index (χ2v) is 6.53. The Bertz CT molecular complexity index is 405. The maximum absolute atomic E-state index is 13.0. The van der Waals surface area contributed by atoms with E-state index in [9.17, 15) is 17.1 Å². The van der Waals surface area contributed by atoms with Gasteiger partial charge in [-0.1, -0.05) is 0 Å². The van der Waals surface area contributed by atoms with Gasteiger partial charge in [-0.2, -0.15) is 8.42 Å².